The van der Waals surface area contributed by atoms with Crippen LogP contribution in [0.1, 0.15) is 0 Å². The first-order valence-corrected chi connectivity index (χ1v) is 6.64. The number of nitrogen functional groups attached to an aromatic ring is 1. The number of rotatable bonds is 2. The third-order valence-corrected chi connectivity index (χ3v) is 3.58. The zero-order valence-electron chi connectivity index (χ0n) is 10.6. The second-order valence-corrected chi connectivity index (χ2v) is 5.07. The second kappa shape index (κ2) is 4.89. The van der Waals surface area contributed by atoms with E-state index in [4.69, 9.17) is 33.7 Å². The second-order valence-electron chi connectivity index (χ2n) is 4.23. The molecule has 20 heavy (non-hydrogen) atoms. The summed E-state index contributed by atoms with van der Waals surface area (Å²) in [6, 6.07) is 10.8. The number of ether oxygens (including phenoxy) is 1. The van der Waals surface area contributed by atoms with Crippen molar-refractivity contribution in [2.24, 2.45) is 0 Å². The summed E-state index contributed by atoms with van der Waals surface area (Å²) in [5.41, 5.74) is 8.17. The Kier molecular flexibility index (Phi) is 3.20. The van der Waals surface area contributed by atoms with Crippen molar-refractivity contribution in [1.29, 1.82) is 0 Å². The van der Waals surface area contributed by atoms with Gasteiger partial charge in [-0.1, -0.05) is 29.3 Å². The molecule has 1 heterocycles. The molecule has 0 spiro atoms. The van der Waals surface area contributed by atoms with Gasteiger partial charge in [0.1, 0.15) is 5.75 Å². The number of imidazole rings is 1. The lowest BCUT2D eigenvalue weighted by Crippen LogP contribution is -2.03. The lowest BCUT2D eigenvalue weighted by Gasteiger charge is -2.12. The molecule has 1 aromatic heterocycles. The first-order valence-electron chi connectivity index (χ1n) is 5.88. The van der Waals surface area contributed by atoms with Crippen molar-refractivity contribution < 1.29 is 4.74 Å². The minimum Gasteiger partial charge on any atom is -0.495 e. The van der Waals surface area contributed by atoms with Crippen LogP contribution in [0.25, 0.3) is 16.7 Å². The number of nitrogens with two attached hydrogens (primary N) is 1. The zero-order chi connectivity index (χ0) is 14.3. The number of hydrogen-bond donors (Lipinski definition) is 1. The summed E-state index contributed by atoms with van der Waals surface area (Å²) >= 11 is 12.3. The predicted octanol–water partition coefficient (Wildman–Crippen LogP) is 3.92. The van der Waals surface area contributed by atoms with E-state index in [-0.39, 0.29) is 0 Å². The van der Waals surface area contributed by atoms with Gasteiger partial charge >= 0.3 is 0 Å². The molecule has 3 aromatic rings. The Balaban J connectivity index is 2.40. The van der Waals surface area contributed by atoms with Crippen LogP contribution < -0.4 is 10.5 Å². The van der Waals surface area contributed by atoms with Crippen LogP contribution in [-0.4, -0.2) is 16.7 Å². The molecule has 4 nitrogen and oxygen atoms in total. The number of halogens is 2. The highest BCUT2D eigenvalue weighted by Gasteiger charge is 2.16. The average Bonchev–Trinajstić information content (AvgIpc) is 2.76. The lowest BCUT2D eigenvalue weighted by atomic mass is 10.2. The molecule has 6 heteroatoms. The van der Waals surface area contributed by atoms with Crippen LogP contribution in [0.15, 0.2) is 36.4 Å². The van der Waals surface area contributed by atoms with Crippen LogP contribution in [0.3, 0.4) is 0 Å². The highest BCUT2D eigenvalue weighted by molar-refractivity contribution is 6.35. The standard InChI is InChI=1S/C14H11Cl2N3O/c1-20-12-6-5-8(15)7-11(12)19-13-9(16)3-2-4-10(13)18-14(19)17/h2-7H,1H3,(H2,17,18). The highest BCUT2D eigenvalue weighted by Crippen LogP contribution is 2.34. The topological polar surface area (TPSA) is 53.1 Å². The SMILES string of the molecule is COc1ccc(Cl)cc1-n1c(N)nc2cccc(Cl)c21. The number of fused-ring (bicyclic) bond motifs is 1. The summed E-state index contributed by atoms with van der Waals surface area (Å²) in [6.45, 7) is 0. The summed E-state index contributed by atoms with van der Waals surface area (Å²) in [6.07, 6.45) is 0. The number of nitrogens with zero attached hydrogens (tertiary/aromatic N) is 2. The highest BCUT2D eigenvalue weighted by atomic mass is 35.5. The fourth-order valence-corrected chi connectivity index (χ4v) is 2.61. The minimum absolute atomic E-state index is 0.327. The molecule has 102 valence electrons. The largest absolute Gasteiger partial charge is 0.495 e. The van der Waals surface area contributed by atoms with E-state index in [2.05, 4.69) is 4.98 Å². The Hall–Kier alpha value is -1.91. The number of benzene rings is 2. The number of aromatic nitrogens is 2. The van der Waals surface area contributed by atoms with Crippen molar-refractivity contribution in [3.63, 3.8) is 0 Å². The molecular weight excluding hydrogens is 297 g/mol. The van der Waals surface area contributed by atoms with Crippen LogP contribution in [0, 0.1) is 0 Å². The molecule has 0 radical (unpaired) electrons. The van der Waals surface area contributed by atoms with E-state index in [9.17, 15) is 0 Å². The number of methoxy groups -OCH3 is 1. The monoisotopic (exact) mass is 307 g/mol. The van der Waals surface area contributed by atoms with E-state index < -0.39 is 0 Å². The van der Waals surface area contributed by atoms with E-state index in [1.165, 1.54) is 0 Å². The van der Waals surface area contributed by atoms with E-state index in [1.807, 2.05) is 12.1 Å². The third kappa shape index (κ3) is 1.97. The number of para-hydroxylation sites is 1. The van der Waals surface area contributed by atoms with Gasteiger partial charge < -0.3 is 10.5 Å². The molecule has 2 aromatic carbocycles. The maximum absolute atomic E-state index is 6.27. The predicted molar refractivity (Wildman–Crippen MR) is 82.1 cm³/mol. The molecule has 3 rings (SSSR count). The van der Waals surface area contributed by atoms with Crippen LogP contribution in [0.4, 0.5) is 5.95 Å². The lowest BCUT2D eigenvalue weighted by molar-refractivity contribution is 0.413. The maximum Gasteiger partial charge on any atom is 0.206 e. The van der Waals surface area contributed by atoms with Crippen molar-refractivity contribution in [2.75, 3.05) is 12.8 Å². The quantitative estimate of drug-likeness (QED) is 0.780. The summed E-state index contributed by atoms with van der Waals surface area (Å²) in [5.74, 6) is 0.967. The molecule has 0 atom stereocenters. The summed E-state index contributed by atoms with van der Waals surface area (Å²) in [7, 11) is 1.59. The minimum atomic E-state index is 0.327. The van der Waals surface area contributed by atoms with Crippen LogP contribution in [0.5, 0.6) is 5.75 Å². The van der Waals surface area contributed by atoms with Gasteiger partial charge in [-0.05, 0) is 30.3 Å². The van der Waals surface area contributed by atoms with E-state index in [1.54, 1.807) is 35.9 Å². The van der Waals surface area contributed by atoms with Crippen LogP contribution in [-0.2, 0) is 0 Å². The van der Waals surface area contributed by atoms with Gasteiger partial charge in [0.2, 0.25) is 5.95 Å². The van der Waals surface area contributed by atoms with Crippen LogP contribution >= 0.6 is 23.2 Å². The summed E-state index contributed by atoms with van der Waals surface area (Å²) in [4.78, 5) is 4.31. The Bertz CT molecular complexity index is 798. The molecule has 0 saturated heterocycles. The first-order chi connectivity index (χ1) is 9.61. The fourth-order valence-electron chi connectivity index (χ4n) is 2.19. The molecule has 0 aliphatic heterocycles. The molecule has 0 aliphatic rings. The molecule has 0 bridgehead atoms. The summed E-state index contributed by atoms with van der Waals surface area (Å²) in [5, 5.41) is 1.14. The first kappa shape index (κ1) is 13.1. The van der Waals surface area contributed by atoms with E-state index in [0.29, 0.717) is 27.4 Å². The van der Waals surface area contributed by atoms with Crippen molar-refractivity contribution in [2.45, 2.75) is 0 Å². The Morgan fingerprint density at radius 1 is 1.20 bits per heavy atom. The molecule has 0 saturated carbocycles. The van der Waals surface area contributed by atoms with Gasteiger partial charge in [0, 0.05) is 5.02 Å². The van der Waals surface area contributed by atoms with Gasteiger partial charge in [-0.3, -0.25) is 4.57 Å². The van der Waals surface area contributed by atoms with Gasteiger partial charge in [0.15, 0.2) is 0 Å². The average molecular weight is 308 g/mol. The Morgan fingerprint density at radius 3 is 2.75 bits per heavy atom. The van der Waals surface area contributed by atoms with Gasteiger partial charge in [0.25, 0.3) is 0 Å². The molecule has 0 unspecified atom stereocenters. The van der Waals surface area contributed by atoms with E-state index in [0.717, 1.165) is 11.0 Å². The third-order valence-electron chi connectivity index (χ3n) is 3.03. The van der Waals surface area contributed by atoms with Gasteiger partial charge in [-0.15, -0.1) is 0 Å². The Labute approximate surface area is 125 Å². The van der Waals surface area contributed by atoms with Crippen molar-refractivity contribution in [1.82, 2.24) is 9.55 Å². The van der Waals surface area contributed by atoms with Crippen molar-refractivity contribution >= 4 is 40.2 Å². The molecule has 0 fully saturated rings. The van der Waals surface area contributed by atoms with Crippen molar-refractivity contribution in [3.8, 4) is 11.4 Å². The number of hydrogen-bond acceptors (Lipinski definition) is 3. The zero-order valence-corrected chi connectivity index (χ0v) is 12.1. The van der Waals surface area contributed by atoms with Gasteiger partial charge in [0.05, 0.1) is 28.9 Å². The maximum atomic E-state index is 6.27. The molecular formula is C14H11Cl2N3O. The summed E-state index contributed by atoms with van der Waals surface area (Å²) < 4.78 is 7.10. The molecule has 2 N–H and O–H groups in total. The van der Waals surface area contributed by atoms with Gasteiger partial charge in [-0.25, -0.2) is 4.98 Å². The normalized spacial score (nSPS) is 10.9. The molecule has 0 aliphatic carbocycles. The van der Waals surface area contributed by atoms with Gasteiger partial charge in [-0.2, -0.15) is 0 Å². The molecule has 0 amide bonds. The number of anilines is 1. The van der Waals surface area contributed by atoms with Crippen LogP contribution in [0.2, 0.25) is 10.0 Å². The fraction of sp³-hybridized carbons (Fsp3) is 0.0714. The van der Waals surface area contributed by atoms with Crippen molar-refractivity contribution in [3.05, 3.63) is 46.4 Å². The smallest absolute Gasteiger partial charge is 0.206 e. The van der Waals surface area contributed by atoms with E-state index >= 15 is 0 Å². The Morgan fingerprint density at radius 2 is 2.00 bits per heavy atom.